The summed E-state index contributed by atoms with van der Waals surface area (Å²) in [7, 11) is 1.65. The maximum Gasteiger partial charge on any atom is 0.242 e. The van der Waals surface area contributed by atoms with Gasteiger partial charge in [-0.15, -0.1) is 11.8 Å². The summed E-state index contributed by atoms with van der Waals surface area (Å²) in [5.41, 5.74) is 2.17. The number of rotatable bonds is 10. The molecule has 172 valence electrons. The zero-order chi connectivity index (χ0) is 22.8. The van der Waals surface area contributed by atoms with E-state index in [4.69, 9.17) is 4.74 Å². The fourth-order valence-corrected chi connectivity index (χ4v) is 4.86. The number of thioether (sulfide) groups is 1. The Hall–Kier alpha value is -2.47. The molecule has 1 aliphatic rings. The van der Waals surface area contributed by atoms with Gasteiger partial charge in [0.25, 0.3) is 0 Å². The van der Waals surface area contributed by atoms with Crippen LogP contribution in [0.15, 0.2) is 54.6 Å². The van der Waals surface area contributed by atoms with E-state index in [1.165, 1.54) is 6.42 Å². The van der Waals surface area contributed by atoms with Gasteiger partial charge in [-0.3, -0.25) is 9.59 Å². The number of carbonyl (C=O) groups excluding carboxylic acids is 2. The van der Waals surface area contributed by atoms with E-state index in [9.17, 15) is 9.59 Å². The van der Waals surface area contributed by atoms with Crippen molar-refractivity contribution in [1.29, 1.82) is 0 Å². The molecule has 5 nitrogen and oxygen atoms in total. The summed E-state index contributed by atoms with van der Waals surface area (Å²) < 4.78 is 5.20. The molecule has 1 N–H and O–H groups in total. The lowest BCUT2D eigenvalue weighted by atomic mass is 9.95. The molecule has 1 unspecified atom stereocenters. The summed E-state index contributed by atoms with van der Waals surface area (Å²) in [6.07, 6.45) is 5.62. The monoisotopic (exact) mass is 454 g/mol. The molecule has 32 heavy (non-hydrogen) atoms. The molecule has 0 spiro atoms. The van der Waals surface area contributed by atoms with Gasteiger partial charge >= 0.3 is 0 Å². The SMILES string of the molecule is COc1ccc(CSCC(=O)N(Cc2ccccc2)C(C)C(=O)NC2CCCCC2)cc1. The van der Waals surface area contributed by atoms with Crippen LogP contribution in [0, 0.1) is 0 Å². The van der Waals surface area contributed by atoms with E-state index in [0.717, 1.165) is 48.3 Å². The number of methoxy groups -OCH3 is 1. The average molecular weight is 455 g/mol. The largest absolute Gasteiger partial charge is 0.497 e. The van der Waals surface area contributed by atoms with Crippen LogP contribution in [0.3, 0.4) is 0 Å². The molecule has 0 heterocycles. The summed E-state index contributed by atoms with van der Waals surface area (Å²) >= 11 is 1.57. The van der Waals surface area contributed by atoms with Crippen LogP contribution in [-0.2, 0) is 21.9 Å². The Morgan fingerprint density at radius 3 is 2.38 bits per heavy atom. The second kappa shape index (κ2) is 12.5. The number of nitrogens with zero attached hydrogens (tertiary/aromatic N) is 1. The van der Waals surface area contributed by atoms with Gasteiger partial charge in [0.2, 0.25) is 11.8 Å². The third kappa shape index (κ3) is 7.30. The van der Waals surface area contributed by atoms with Crippen molar-refractivity contribution in [2.45, 2.75) is 63.4 Å². The highest BCUT2D eigenvalue weighted by molar-refractivity contribution is 7.99. The van der Waals surface area contributed by atoms with Crippen LogP contribution in [-0.4, -0.2) is 41.7 Å². The minimum atomic E-state index is -0.508. The van der Waals surface area contributed by atoms with E-state index in [2.05, 4.69) is 5.32 Å². The van der Waals surface area contributed by atoms with Crippen LogP contribution in [0.1, 0.15) is 50.2 Å². The predicted molar refractivity (Wildman–Crippen MR) is 131 cm³/mol. The average Bonchev–Trinajstić information content (AvgIpc) is 2.83. The minimum absolute atomic E-state index is 0.0151. The van der Waals surface area contributed by atoms with E-state index in [1.54, 1.807) is 23.8 Å². The Balaban J connectivity index is 1.61. The molecule has 1 aliphatic carbocycles. The lowest BCUT2D eigenvalue weighted by Crippen LogP contribution is -2.50. The van der Waals surface area contributed by atoms with Crippen molar-refractivity contribution in [3.05, 3.63) is 65.7 Å². The molecule has 2 amide bonds. The molecular weight excluding hydrogens is 420 g/mol. The van der Waals surface area contributed by atoms with E-state index < -0.39 is 6.04 Å². The highest BCUT2D eigenvalue weighted by atomic mass is 32.2. The molecule has 1 saturated carbocycles. The van der Waals surface area contributed by atoms with Crippen molar-refractivity contribution in [2.75, 3.05) is 12.9 Å². The molecule has 1 fully saturated rings. The zero-order valence-electron chi connectivity index (χ0n) is 19.1. The Bertz CT molecular complexity index is 851. The van der Waals surface area contributed by atoms with Crippen molar-refractivity contribution < 1.29 is 14.3 Å². The summed E-state index contributed by atoms with van der Waals surface area (Å²) in [5.74, 6) is 1.82. The maximum absolute atomic E-state index is 13.2. The molecule has 0 radical (unpaired) electrons. The molecule has 0 bridgehead atoms. The highest BCUT2D eigenvalue weighted by Gasteiger charge is 2.28. The minimum Gasteiger partial charge on any atom is -0.497 e. The molecule has 0 aromatic heterocycles. The van der Waals surface area contributed by atoms with Crippen LogP contribution in [0.2, 0.25) is 0 Å². The van der Waals surface area contributed by atoms with Crippen molar-refractivity contribution in [1.82, 2.24) is 10.2 Å². The number of hydrogen-bond acceptors (Lipinski definition) is 4. The molecule has 6 heteroatoms. The first-order valence-electron chi connectivity index (χ1n) is 11.4. The van der Waals surface area contributed by atoms with Gasteiger partial charge in [-0.25, -0.2) is 0 Å². The lowest BCUT2D eigenvalue weighted by molar-refractivity contribution is -0.139. The van der Waals surface area contributed by atoms with Crippen LogP contribution in [0.4, 0.5) is 0 Å². The first-order valence-corrected chi connectivity index (χ1v) is 12.6. The van der Waals surface area contributed by atoms with E-state index >= 15 is 0 Å². The van der Waals surface area contributed by atoms with Gasteiger partial charge in [0.05, 0.1) is 12.9 Å². The Morgan fingerprint density at radius 1 is 1.03 bits per heavy atom. The molecule has 0 saturated heterocycles. The van der Waals surface area contributed by atoms with Gasteiger partial charge in [0, 0.05) is 18.3 Å². The van der Waals surface area contributed by atoms with Gasteiger partial charge in [0.1, 0.15) is 11.8 Å². The first kappa shape index (κ1) is 24.2. The fourth-order valence-electron chi connectivity index (χ4n) is 3.99. The quantitative estimate of drug-likeness (QED) is 0.561. The summed E-state index contributed by atoms with van der Waals surface area (Å²) in [6.45, 7) is 2.27. The van der Waals surface area contributed by atoms with Crippen LogP contribution in [0.5, 0.6) is 5.75 Å². The number of ether oxygens (including phenoxy) is 1. The smallest absolute Gasteiger partial charge is 0.242 e. The fraction of sp³-hybridized carbons (Fsp3) is 0.462. The van der Waals surface area contributed by atoms with E-state index in [0.29, 0.717) is 12.3 Å². The summed E-state index contributed by atoms with van der Waals surface area (Å²) in [5, 5.41) is 3.18. The number of carbonyl (C=O) groups is 2. The van der Waals surface area contributed by atoms with Crippen molar-refractivity contribution >= 4 is 23.6 Å². The number of nitrogens with one attached hydrogen (secondary N) is 1. The van der Waals surface area contributed by atoms with Crippen LogP contribution < -0.4 is 10.1 Å². The zero-order valence-corrected chi connectivity index (χ0v) is 19.9. The van der Waals surface area contributed by atoms with Gasteiger partial charge in [-0.05, 0) is 43.0 Å². The molecule has 2 aromatic carbocycles. The van der Waals surface area contributed by atoms with Crippen molar-refractivity contribution in [3.8, 4) is 5.75 Å². The summed E-state index contributed by atoms with van der Waals surface area (Å²) in [4.78, 5) is 27.9. The van der Waals surface area contributed by atoms with Crippen LogP contribution in [0.25, 0.3) is 0 Å². The normalized spacial score (nSPS) is 15.1. The first-order chi connectivity index (χ1) is 15.6. The molecule has 0 aliphatic heterocycles. The Kier molecular flexibility index (Phi) is 9.47. The molecule has 3 rings (SSSR count). The number of benzene rings is 2. The number of amides is 2. The standard InChI is InChI=1S/C26H34N2O3S/c1-20(26(30)27-23-11-7-4-8-12-23)28(17-21-9-5-3-6-10-21)25(29)19-32-18-22-13-15-24(31-2)16-14-22/h3,5-6,9-10,13-16,20,23H,4,7-8,11-12,17-19H2,1-2H3,(H,27,30). The Labute approximate surface area is 195 Å². The van der Waals surface area contributed by atoms with Gasteiger partial charge < -0.3 is 15.0 Å². The van der Waals surface area contributed by atoms with Gasteiger partial charge in [-0.2, -0.15) is 0 Å². The van der Waals surface area contributed by atoms with E-state index in [1.807, 2.05) is 61.5 Å². The molecule has 2 aromatic rings. The maximum atomic E-state index is 13.2. The van der Waals surface area contributed by atoms with Gasteiger partial charge in [0.15, 0.2) is 0 Å². The summed E-state index contributed by atoms with van der Waals surface area (Å²) in [6, 6.07) is 17.5. The van der Waals surface area contributed by atoms with Gasteiger partial charge in [-0.1, -0.05) is 61.7 Å². The number of hydrogen-bond donors (Lipinski definition) is 1. The predicted octanol–water partition coefficient (Wildman–Crippen LogP) is 4.79. The molecule has 1 atom stereocenters. The third-order valence-electron chi connectivity index (χ3n) is 5.97. The van der Waals surface area contributed by atoms with Crippen LogP contribution >= 0.6 is 11.8 Å². The topological polar surface area (TPSA) is 58.6 Å². The Morgan fingerprint density at radius 2 is 1.72 bits per heavy atom. The third-order valence-corrected chi connectivity index (χ3v) is 6.96. The second-order valence-electron chi connectivity index (χ2n) is 8.37. The highest BCUT2D eigenvalue weighted by Crippen LogP contribution is 2.20. The van der Waals surface area contributed by atoms with Crippen molar-refractivity contribution in [2.24, 2.45) is 0 Å². The van der Waals surface area contributed by atoms with Crippen molar-refractivity contribution in [3.63, 3.8) is 0 Å². The second-order valence-corrected chi connectivity index (χ2v) is 9.35. The lowest BCUT2D eigenvalue weighted by Gasteiger charge is -2.31. The van der Waals surface area contributed by atoms with E-state index in [-0.39, 0.29) is 17.9 Å². The molecular formula is C26H34N2O3S.